The molecule has 1 unspecified atom stereocenters. The topological polar surface area (TPSA) is 86.8 Å². The van der Waals surface area contributed by atoms with Gasteiger partial charge in [-0.3, -0.25) is 13.9 Å². The third-order valence-corrected chi connectivity index (χ3v) is 9.55. The molecule has 2 amide bonds. The van der Waals surface area contributed by atoms with Crippen LogP contribution in [0.1, 0.15) is 30.5 Å². The molecule has 0 aromatic heterocycles. The van der Waals surface area contributed by atoms with Crippen molar-refractivity contribution >= 4 is 50.7 Å². The number of anilines is 1. The molecule has 1 N–H and O–H groups in total. The van der Waals surface area contributed by atoms with E-state index in [0.29, 0.717) is 26.9 Å². The standard InChI is InChI=1S/C34H35Cl2N3O4S/c1-24(2)37-34(41)32(21-26-13-6-4-7-14-26)38(22-27-18-19-29(35)30(36)20-27)33(40)23-39(31-17-11-10-12-25(31)3)44(42,43)28-15-8-5-9-16-28/h4-20,24,32H,21-23H2,1-3H3,(H,37,41). The van der Waals surface area contributed by atoms with Gasteiger partial charge in [-0.15, -0.1) is 0 Å². The first-order chi connectivity index (χ1) is 21.0. The zero-order chi connectivity index (χ0) is 31.9. The number of hydrogen-bond acceptors (Lipinski definition) is 4. The minimum Gasteiger partial charge on any atom is -0.352 e. The number of para-hydroxylation sites is 1. The largest absolute Gasteiger partial charge is 0.352 e. The van der Waals surface area contributed by atoms with Gasteiger partial charge < -0.3 is 10.2 Å². The van der Waals surface area contributed by atoms with Crippen LogP contribution < -0.4 is 9.62 Å². The number of aryl methyl sites for hydroxylation is 1. The van der Waals surface area contributed by atoms with Crippen molar-refractivity contribution < 1.29 is 18.0 Å². The Morgan fingerprint density at radius 2 is 1.41 bits per heavy atom. The molecule has 4 aromatic carbocycles. The smallest absolute Gasteiger partial charge is 0.264 e. The highest BCUT2D eigenvalue weighted by molar-refractivity contribution is 7.92. The molecule has 1 atom stereocenters. The van der Waals surface area contributed by atoms with Gasteiger partial charge in [0.15, 0.2) is 0 Å². The Morgan fingerprint density at radius 3 is 2.02 bits per heavy atom. The zero-order valence-corrected chi connectivity index (χ0v) is 27.1. The first-order valence-electron chi connectivity index (χ1n) is 14.2. The van der Waals surface area contributed by atoms with Crippen LogP contribution in [0.15, 0.2) is 108 Å². The molecule has 0 aliphatic heterocycles. The van der Waals surface area contributed by atoms with E-state index in [-0.39, 0.29) is 29.8 Å². The Kier molecular flexibility index (Phi) is 11.1. The first-order valence-corrected chi connectivity index (χ1v) is 16.4. The SMILES string of the molecule is Cc1ccccc1N(CC(=O)N(Cc1ccc(Cl)c(Cl)c1)C(Cc1ccccc1)C(=O)NC(C)C)S(=O)(=O)c1ccccc1. The highest BCUT2D eigenvalue weighted by Crippen LogP contribution is 2.28. The van der Waals surface area contributed by atoms with Crippen LogP contribution in [0, 0.1) is 6.92 Å². The quantitative estimate of drug-likeness (QED) is 0.186. The normalized spacial score (nSPS) is 12.0. The van der Waals surface area contributed by atoms with Gasteiger partial charge in [-0.2, -0.15) is 0 Å². The monoisotopic (exact) mass is 651 g/mol. The maximum absolute atomic E-state index is 14.5. The van der Waals surface area contributed by atoms with Crippen LogP contribution in [0.4, 0.5) is 5.69 Å². The predicted octanol–water partition coefficient (Wildman–Crippen LogP) is 6.66. The lowest BCUT2D eigenvalue weighted by atomic mass is 10.0. The number of rotatable bonds is 12. The van der Waals surface area contributed by atoms with Gasteiger partial charge in [0, 0.05) is 19.0 Å². The molecular weight excluding hydrogens is 617 g/mol. The van der Waals surface area contributed by atoms with Crippen molar-refractivity contribution in [2.45, 2.75) is 50.7 Å². The molecule has 0 saturated carbocycles. The maximum Gasteiger partial charge on any atom is 0.264 e. The van der Waals surface area contributed by atoms with Crippen molar-refractivity contribution in [1.29, 1.82) is 0 Å². The fourth-order valence-electron chi connectivity index (χ4n) is 4.85. The van der Waals surface area contributed by atoms with Crippen molar-refractivity contribution in [2.75, 3.05) is 10.8 Å². The number of carbonyl (C=O) groups excluding carboxylic acids is 2. The van der Waals surface area contributed by atoms with Crippen LogP contribution in [-0.4, -0.2) is 43.8 Å². The van der Waals surface area contributed by atoms with Crippen molar-refractivity contribution in [3.63, 3.8) is 0 Å². The summed E-state index contributed by atoms with van der Waals surface area (Å²) in [6.45, 7) is 4.92. The Balaban J connectivity index is 1.82. The summed E-state index contributed by atoms with van der Waals surface area (Å²) in [7, 11) is -4.17. The third-order valence-electron chi connectivity index (χ3n) is 7.03. The molecule has 0 radical (unpaired) electrons. The summed E-state index contributed by atoms with van der Waals surface area (Å²) in [5.41, 5.74) is 2.52. The fraction of sp³-hybridized carbons (Fsp3) is 0.235. The van der Waals surface area contributed by atoms with Gasteiger partial charge >= 0.3 is 0 Å². The average Bonchev–Trinajstić information content (AvgIpc) is 3.00. The van der Waals surface area contributed by atoms with Gasteiger partial charge in [0.25, 0.3) is 10.0 Å². The summed E-state index contributed by atoms with van der Waals surface area (Å²) in [5.74, 6) is -0.913. The van der Waals surface area contributed by atoms with E-state index in [2.05, 4.69) is 5.32 Å². The molecule has 0 fully saturated rings. The van der Waals surface area contributed by atoms with Crippen LogP contribution in [0.25, 0.3) is 0 Å². The van der Waals surface area contributed by atoms with Gasteiger partial charge in [0.2, 0.25) is 11.8 Å². The summed E-state index contributed by atoms with van der Waals surface area (Å²) in [6.07, 6.45) is 0.211. The van der Waals surface area contributed by atoms with Crippen LogP contribution in [0.3, 0.4) is 0 Å². The Morgan fingerprint density at radius 1 is 0.795 bits per heavy atom. The summed E-state index contributed by atoms with van der Waals surface area (Å²) < 4.78 is 29.2. The van der Waals surface area contributed by atoms with Crippen LogP contribution >= 0.6 is 23.2 Å². The molecule has 10 heteroatoms. The number of nitrogens with zero attached hydrogens (tertiary/aromatic N) is 2. The van der Waals surface area contributed by atoms with E-state index in [1.54, 1.807) is 67.6 Å². The second-order valence-corrected chi connectivity index (χ2v) is 13.4. The lowest BCUT2D eigenvalue weighted by Gasteiger charge is -2.34. The number of hydrogen-bond donors (Lipinski definition) is 1. The van der Waals surface area contributed by atoms with E-state index < -0.39 is 28.5 Å². The average molecular weight is 653 g/mol. The molecule has 0 aliphatic carbocycles. The highest BCUT2D eigenvalue weighted by Gasteiger charge is 2.35. The molecule has 7 nitrogen and oxygen atoms in total. The number of nitrogens with one attached hydrogen (secondary N) is 1. The Labute approximate surface area is 269 Å². The molecule has 0 bridgehead atoms. The van der Waals surface area contributed by atoms with Gasteiger partial charge in [-0.25, -0.2) is 8.42 Å². The molecular formula is C34H35Cl2N3O4S. The lowest BCUT2D eigenvalue weighted by molar-refractivity contribution is -0.140. The van der Waals surface area contributed by atoms with Crippen LogP contribution in [0.2, 0.25) is 10.0 Å². The lowest BCUT2D eigenvalue weighted by Crippen LogP contribution is -2.54. The molecule has 0 heterocycles. The molecule has 4 aromatic rings. The number of sulfonamides is 1. The van der Waals surface area contributed by atoms with E-state index >= 15 is 0 Å². The molecule has 230 valence electrons. The van der Waals surface area contributed by atoms with Crippen molar-refractivity contribution in [3.8, 4) is 0 Å². The van der Waals surface area contributed by atoms with Crippen molar-refractivity contribution in [2.24, 2.45) is 0 Å². The Hall–Kier alpha value is -3.85. The van der Waals surface area contributed by atoms with E-state index in [0.717, 1.165) is 9.87 Å². The summed E-state index contributed by atoms with van der Waals surface area (Å²) in [5, 5.41) is 3.60. The van der Waals surface area contributed by atoms with Gasteiger partial charge in [-0.1, -0.05) is 96.0 Å². The third kappa shape index (κ3) is 8.20. The fourth-order valence-corrected chi connectivity index (χ4v) is 6.67. The van der Waals surface area contributed by atoms with E-state index in [9.17, 15) is 18.0 Å². The predicted molar refractivity (Wildman–Crippen MR) is 176 cm³/mol. The van der Waals surface area contributed by atoms with E-state index in [4.69, 9.17) is 23.2 Å². The first kappa shape index (κ1) is 33.1. The molecule has 0 aliphatic rings. The summed E-state index contributed by atoms with van der Waals surface area (Å²) >= 11 is 12.5. The molecule has 0 spiro atoms. The van der Waals surface area contributed by atoms with Crippen LogP contribution in [-0.2, 0) is 32.6 Å². The summed E-state index contributed by atoms with van der Waals surface area (Å²) in [6, 6.07) is 28.2. The van der Waals surface area contributed by atoms with Gasteiger partial charge in [0.1, 0.15) is 12.6 Å². The summed E-state index contributed by atoms with van der Waals surface area (Å²) in [4.78, 5) is 29.7. The zero-order valence-electron chi connectivity index (χ0n) is 24.8. The second kappa shape index (κ2) is 14.8. The van der Waals surface area contributed by atoms with Crippen LogP contribution in [0.5, 0.6) is 0 Å². The minimum absolute atomic E-state index is 0.00820. The van der Waals surface area contributed by atoms with Gasteiger partial charge in [0.05, 0.1) is 20.6 Å². The van der Waals surface area contributed by atoms with Gasteiger partial charge in [-0.05, 0) is 67.8 Å². The number of carbonyl (C=O) groups is 2. The van der Waals surface area contributed by atoms with E-state index in [1.807, 2.05) is 44.2 Å². The minimum atomic E-state index is -4.17. The second-order valence-electron chi connectivity index (χ2n) is 10.8. The number of halogens is 2. The number of benzene rings is 4. The van der Waals surface area contributed by atoms with Crippen molar-refractivity contribution in [1.82, 2.24) is 10.2 Å². The Bertz CT molecular complexity index is 1700. The van der Waals surface area contributed by atoms with E-state index in [1.165, 1.54) is 17.0 Å². The number of amides is 2. The maximum atomic E-state index is 14.5. The molecule has 4 rings (SSSR count). The molecule has 44 heavy (non-hydrogen) atoms. The van der Waals surface area contributed by atoms with Crippen molar-refractivity contribution in [3.05, 3.63) is 130 Å². The molecule has 0 saturated heterocycles. The highest BCUT2D eigenvalue weighted by atomic mass is 35.5.